The fraction of sp³-hybridized carbons (Fsp3) is 0.182. The molecule has 1 aromatic rings. The Balaban J connectivity index is 2.55. The van der Waals surface area contributed by atoms with Crippen LogP contribution in [0.1, 0.15) is 0 Å². The molecule has 0 aliphatic carbocycles. The molecule has 5 heteroatoms. The Morgan fingerprint density at radius 2 is 2.31 bits per heavy atom. The van der Waals surface area contributed by atoms with Crippen LogP contribution in [0.5, 0.6) is 0 Å². The summed E-state index contributed by atoms with van der Waals surface area (Å²) in [5.41, 5.74) is 0.649. The molecule has 1 unspecified atom stereocenters. The molecular weight excluding hydrogens is 290 g/mol. The van der Waals surface area contributed by atoms with E-state index in [1.807, 2.05) is 0 Å². The van der Waals surface area contributed by atoms with Crippen LogP contribution in [0.15, 0.2) is 27.6 Å². The van der Waals surface area contributed by atoms with Gasteiger partial charge in [0.05, 0.1) is 27.9 Å². The van der Waals surface area contributed by atoms with Crippen molar-refractivity contribution in [1.82, 2.24) is 0 Å². The van der Waals surface area contributed by atoms with Gasteiger partial charge in [-0.25, -0.2) is 0 Å². The van der Waals surface area contributed by atoms with Gasteiger partial charge in [0.15, 0.2) is 0 Å². The van der Waals surface area contributed by atoms with E-state index in [0.29, 0.717) is 10.6 Å². The molecule has 1 aliphatic rings. The Hall–Kier alpha value is -1.12. The van der Waals surface area contributed by atoms with Crippen molar-refractivity contribution in [2.45, 2.75) is 4.90 Å². The Morgan fingerprint density at radius 3 is 3.00 bits per heavy atom. The molecule has 1 heterocycles. The van der Waals surface area contributed by atoms with Gasteiger partial charge in [0.25, 0.3) is 0 Å². The summed E-state index contributed by atoms with van der Waals surface area (Å²) in [4.78, 5) is 13.8. The smallest absolute Gasteiger partial charge is 0.240 e. The lowest BCUT2D eigenvalue weighted by Crippen LogP contribution is -2.39. The number of halogens is 1. The predicted molar refractivity (Wildman–Crippen MR) is 66.6 cm³/mol. The fourth-order valence-electron chi connectivity index (χ4n) is 1.56. The van der Waals surface area contributed by atoms with Crippen LogP contribution in [0.4, 0.5) is 5.69 Å². The number of hydrogen-bond donors (Lipinski definition) is 0. The highest BCUT2D eigenvalue weighted by atomic mass is 79.9. The largest absolute Gasteiger partial charge is 0.299 e. The SMILES string of the molecule is C#CCN1C(=O)CS(=O)c2cc(Br)ccc21. The summed E-state index contributed by atoms with van der Waals surface area (Å²) in [6, 6.07) is 5.32. The number of fused-ring (bicyclic) bond motifs is 1. The van der Waals surface area contributed by atoms with Gasteiger partial charge in [-0.15, -0.1) is 6.42 Å². The maximum absolute atomic E-state index is 11.8. The standard InChI is InChI=1S/C11H8BrNO2S/c1-2-5-13-9-4-3-8(12)6-10(9)16(15)7-11(13)14/h1,3-4,6H,5,7H2. The van der Waals surface area contributed by atoms with Gasteiger partial charge in [-0.3, -0.25) is 13.9 Å². The first-order valence-corrected chi connectivity index (χ1v) is 6.66. The molecule has 1 atom stereocenters. The highest BCUT2D eigenvalue weighted by Gasteiger charge is 2.28. The van der Waals surface area contributed by atoms with Crippen molar-refractivity contribution in [3.05, 3.63) is 22.7 Å². The quantitative estimate of drug-likeness (QED) is 0.738. The zero-order valence-corrected chi connectivity index (χ0v) is 10.7. The summed E-state index contributed by atoms with van der Waals surface area (Å²) in [5, 5.41) is 0. The van der Waals surface area contributed by atoms with Crippen molar-refractivity contribution in [1.29, 1.82) is 0 Å². The van der Waals surface area contributed by atoms with Gasteiger partial charge in [-0.05, 0) is 18.2 Å². The van der Waals surface area contributed by atoms with E-state index in [1.165, 1.54) is 4.90 Å². The molecule has 0 saturated heterocycles. The Morgan fingerprint density at radius 1 is 1.56 bits per heavy atom. The summed E-state index contributed by atoms with van der Waals surface area (Å²) >= 11 is 3.31. The summed E-state index contributed by atoms with van der Waals surface area (Å²) in [6.45, 7) is 0.213. The third-order valence-electron chi connectivity index (χ3n) is 2.26. The second-order valence-corrected chi connectivity index (χ2v) is 5.62. The highest BCUT2D eigenvalue weighted by Crippen LogP contribution is 2.31. The van der Waals surface area contributed by atoms with Gasteiger partial charge in [0, 0.05) is 4.47 Å². The van der Waals surface area contributed by atoms with Crippen LogP contribution in [-0.2, 0) is 15.6 Å². The molecule has 0 spiro atoms. The van der Waals surface area contributed by atoms with Gasteiger partial charge < -0.3 is 0 Å². The predicted octanol–water partition coefficient (Wildman–Crippen LogP) is 1.54. The number of hydrogen-bond acceptors (Lipinski definition) is 2. The maximum Gasteiger partial charge on any atom is 0.240 e. The number of carbonyl (C=O) groups is 1. The van der Waals surface area contributed by atoms with E-state index >= 15 is 0 Å². The van der Waals surface area contributed by atoms with Gasteiger partial charge >= 0.3 is 0 Å². The molecule has 1 aliphatic heterocycles. The van der Waals surface area contributed by atoms with Crippen LogP contribution >= 0.6 is 15.9 Å². The molecular formula is C11H8BrNO2S. The van der Waals surface area contributed by atoms with Gasteiger partial charge in [-0.1, -0.05) is 21.9 Å². The lowest BCUT2D eigenvalue weighted by atomic mass is 10.2. The third kappa shape index (κ3) is 1.91. The Kier molecular flexibility index (Phi) is 3.13. The Bertz CT molecular complexity index is 521. The van der Waals surface area contributed by atoms with Crippen LogP contribution < -0.4 is 4.90 Å². The summed E-state index contributed by atoms with van der Waals surface area (Å²) < 4.78 is 12.6. The van der Waals surface area contributed by atoms with Crippen molar-refractivity contribution in [3.63, 3.8) is 0 Å². The lowest BCUT2D eigenvalue weighted by Gasteiger charge is -2.27. The molecule has 0 bridgehead atoms. The van der Waals surface area contributed by atoms with Crippen LogP contribution in [0, 0.1) is 12.3 Å². The van der Waals surface area contributed by atoms with E-state index in [9.17, 15) is 9.00 Å². The average molecular weight is 298 g/mol. The second kappa shape index (κ2) is 4.40. The number of rotatable bonds is 1. The molecule has 0 radical (unpaired) electrons. The molecule has 0 aromatic heterocycles. The number of nitrogens with zero attached hydrogens (tertiary/aromatic N) is 1. The van der Waals surface area contributed by atoms with E-state index in [-0.39, 0.29) is 18.2 Å². The lowest BCUT2D eigenvalue weighted by molar-refractivity contribution is -0.116. The third-order valence-corrected chi connectivity index (χ3v) is 4.08. The van der Waals surface area contributed by atoms with Gasteiger partial charge in [0.2, 0.25) is 5.91 Å². The first-order chi connectivity index (χ1) is 7.63. The summed E-state index contributed by atoms with van der Waals surface area (Å²) in [5.74, 6) is 2.25. The van der Waals surface area contributed by atoms with Crippen LogP contribution in [-0.4, -0.2) is 22.4 Å². The fourth-order valence-corrected chi connectivity index (χ4v) is 3.28. The maximum atomic E-state index is 11.8. The zero-order valence-electron chi connectivity index (χ0n) is 8.27. The molecule has 0 fully saturated rings. The van der Waals surface area contributed by atoms with Crippen LogP contribution in [0.25, 0.3) is 0 Å². The molecule has 1 aromatic carbocycles. The molecule has 0 N–H and O–H groups in total. The van der Waals surface area contributed by atoms with E-state index < -0.39 is 10.8 Å². The zero-order chi connectivity index (χ0) is 11.7. The number of anilines is 1. The Labute approximate surface area is 104 Å². The highest BCUT2D eigenvalue weighted by molar-refractivity contribution is 9.10. The molecule has 2 rings (SSSR count). The van der Waals surface area contributed by atoms with E-state index in [4.69, 9.17) is 6.42 Å². The summed E-state index contributed by atoms with van der Waals surface area (Å²) in [7, 11) is -1.27. The van der Waals surface area contributed by atoms with Crippen LogP contribution in [0.2, 0.25) is 0 Å². The topological polar surface area (TPSA) is 37.4 Å². The van der Waals surface area contributed by atoms with Gasteiger partial charge in [-0.2, -0.15) is 0 Å². The second-order valence-electron chi connectivity index (χ2n) is 3.29. The van der Waals surface area contributed by atoms with Crippen molar-refractivity contribution in [3.8, 4) is 12.3 Å². The number of amides is 1. The number of terminal acetylenes is 1. The molecule has 0 saturated carbocycles. The summed E-state index contributed by atoms with van der Waals surface area (Å²) in [6.07, 6.45) is 5.21. The van der Waals surface area contributed by atoms with Crippen molar-refractivity contribution >= 4 is 38.3 Å². The molecule has 82 valence electrons. The average Bonchev–Trinajstić information content (AvgIpc) is 2.24. The minimum Gasteiger partial charge on any atom is -0.299 e. The van der Waals surface area contributed by atoms with E-state index in [0.717, 1.165) is 4.47 Å². The van der Waals surface area contributed by atoms with Gasteiger partial charge in [0.1, 0.15) is 5.75 Å². The first-order valence-electron chi connectivity index (χ1n) is 4.55. The molecule has 16 heavy (non-hydrogen) atoms. The van der Waals surface area contributed by atoms with Crippen LogP contribution in [0.3, 0.4) is 0 Å². The number of benzene rings is 1. The van der Waals surface area contributed by atoms with Crippen molar-refractivity contribution < 1.29 is 9.00 Å². The van der Waals surface area contributed by atoms with E-state index in [1.54, 1.807) is 18.2 Å². The molecule has 1 amide bonds. The van der Waals surface area contributed by atoms with E-state index in [2.05, 4.69) is 21.9 Å². The number of carbonyl (C=O) groups excluding carboxylic acids is 1. The molecule has 3 nitrogen and oxygen atoms in total. The van der Waals surface area contributed by atoms with Crippen molar-refractivity contribution in [2.75, 3.05) is 17.2 Å². The normalized spacial score (nSPS) is 19.1. The monoisotopic (exact) mass is 297 g/mol. The minimum atomic E-state index is -1.27. The first kappa shape index (κ1) is 11.4. The van der Waals surface area contributed by atoms with Crippen molar-refractivity contribution in [2.24, 2.45) is 0 Å². The minimum absolute atomic E-state index is 0.00509.